The summed E-state index contributed by atoms with van der Waals surface area (Å²) in [5.74, 6) is -0.192. The first-order chi connectivity index (χ1) is 13.6. The molecule has 1 aromatic heterocycles. The van der Waals surface area contributed by atoms with Gasteiger partial charge >= 0.3 is 0 Å². The Balaban J connectivity index is 1.87. The molecule has 0 saturated heterocycles. The highest BCUT2D eigenvalue weighted by Crippen LogP contribution is 2.35. The van der Waals surface area contributed by atoms with Crippen LogP contribution in [-0.4, -0.2) is 10.5 Å². The standard InChI is InChI=1S/C24H20N2OS/c1-17(27)25-24-26(2)22(23(28-24)21-11-7-4-8-12-21)20-15-13-19(14-16-20)18-9-5-3-6-10-18/h3-16H,1-2H3. The fraction of sp³-hybridized carbons (Fsp3) is 0.0833. The van der Waals surface area contributed by atoms with Gasteiger partial charge in [0.15, 0.2) is 4.80 Å². The molecule has 0 radical (unpaired) electrons. The molecular weight excluding hydrogens is 364 g/mol. The van der Waals surface area contributed by atoms with Gasteiger partial charge in [-0.05, 0) is 22.3 Å². The summed E-state index contributed by atoms with van der Waals surface area (Å²) in [5, 5.41) is 0. The number of rotatable bonds is 3. The summed E-state index contributed by atoms with van der Waals surface area (Å²) < 4.78 is 2.01. The summed E-state index contributed by atoms with van der Waals surface area (Å²) in [6.45, 7) is 1.48. The Labute approximate surface area is 168 Å². The average Bonchev–Trinajstić information content (AvgIpc) is 3.05. The van der Waals surface area contributed by atoms with Crippen molar-refractivity contribution < 1.29 is 4.79 Å². The maximum Gasteiger partial charge on any atom is 0.245 e. The molecule has 1 amide bonds. The molecule has 4 aromatic rings. The normalized spacial score (nSPS) is 11.6. The highest BCUT2D eigenvalue weighted by atomic mass is 32.1. The molecule has 4 heteroatoms. The number of amides is 1. The lowest BCUT2D eigenvalue weighted by Gasteiger charge is -2.09. The van der Waals surface area contributed by atoms with Gasteiger partial charge in [0.25, 0.3) is 0 Å². The molecule has 0 atom stereocenters. The largest absolute Gasteiger partial charge is 0.319 e. The highest BCUT2D eigenvalue weighted by Gasteiger charge is 2.15. The number of carbonyl (C=O) groups excluding carboxylic acids is 1. The lowest BCUT2D eigenvalue weighted by molar-refractivity contribution is -0.116. The summed E-state index contributed by atoms with van der Waals surface area (Å²) in [6, 6.07) is 29.1. The molecule has 0 unspecified atom stereocenters. The van der Waals surface area contributed by atoms with E-state index in [4.69, 9.17) is 0 Å². The monoisotopic (exact) mass is 384 g/mol. The number of aromatic nitrogens is 1. The van der Waals surface area contributed by atoms with Gasteiger partial charge in [-0.3, -0.25) is 4.79 Å². The van der Waals surface area contributed by atoms with Crippen molar-refractivity contribution in [2.75, 3.05) is 0 Å². The van der Waals surface area contributed by atoms with Crippen LogP contribution in [0, 0.1) is 0 Å². The summed E-state index contributed by atoms with van der Waals surface area (Å²) >= 11 is 1.54. The lowest BCUT2D eigenvalue weighted by atomic mass is 10.0. The Bertz CT molecular complexity index is 1170. The summed E-state index contributed by atoms with van der Waals surface area (Å²) in [4.78, 5) is 17.6. The van der Waals surface area contributed by atoms with Crippen LogP contribution in [0.4, 0.5) is 0 Å². The Morgan fingerprint density at radius 2 is 1.25 bits per heavy atom. The van der Waals surface area contributed by atoms with Gasteiger partial charge in [0.05, 0.1) is 10.6 Å². The zero-order chi connectivity index (χ0) is 19.5. The average molecular weight is 385 g/mol. The van der Waals surface area contributed by atoms with Crippen molar-refractivity contribution in [2.24, 2.45) is 12.0 Å². The molecule has 0 bridgehead atoms. The molecule has 0 N–H and O–H groups in total. The van der Waals surface area contributed by atoms with E-state index < -0.39 is 0 Å². The van der Waals surface area contributed by atoms with E-state index in [1.165, 1.54) is 29.4 Å². The second kappa shape index (κ2) is 7.79. The van der Waals surface area contributed by atoms with E-state index in [1.54, 1.807) is 0 Å². The van der Waals surface area contributed by atoms with E-state index in [0.717, 1.165) is 21.7 Å². The van der Waals surface area contributed by atoms with Gasteiger partial charge < -0.3 is 4.57 Å². The number of carbonyl (C=O) groups is 1. The van der Waals surface area contributed by atoms with Gasteiger partial charge in [-0.15, -0.1) is 0 Å². The lowest BCUT2D eigenvalue weighted by Crippen LogP contribution is -2.13. The minimum absolute atomic E-state index is 0.192. The van der Waals surface area contributed by atoms with Gasteiger partial charge in [0, 0.05) is 14.0 Å². The van der Waals surface area contributed by atoms with Crippen molar-refractivity contribution in [3.05, 3.63) is 89.7 Å². The van der Waals surface area contributed by atoms with Gasteiger partial charge in [0.2, 0.25) is 5.91 Å². The molecule has 0 aliphatic carbocycles. The topological polar surface area (TPSA) is 34.4 Å². The first-order valence-corrected chi connectivity index (χ1v) is 9.91. The zero-order valence-corrected chi connectivity index (χ0v) is 16.6. The zero-order valence-electron chi connectivity index (χ0n) is 15.8. The minimum atomic E-state index is -0.192. The van der Waals surface area contributed by atoms with Crippen molar-refractivity contribution in [1.29, 1.82) is 0 Å². The number of benzene rings is 3. The second-order valence-corrected chi connectivity index (χ2v) is 7.54. The third-order valence-corrected chi connectivity index (χ3v) is 5.77. The molecular formula is C24H20N2OS. The van der Waals surface area contributed by atoms with Gasteiger partial charge in [0.1, 0.15) is 0 Å². The van der Waals surface area contributed by atoms with Gasteiger partial charge in [-0.2, -0.15) is 4.99 Å². The Hall–Kier alpha value is -3.24. The van der Waals surface area contributed by atoms with Crippen LogP contribution >= 0.6 is 11.3 Å². The number of hydrogen-bond donors (Lipinski definition) is 0. The van der Waals surface area contributed by atoms with Crippen molar-refractivity contribution in [1.82, 2.24) is 4.57 Å². The summed E-state index contributed by atoms with van der Waals surface area (Å²) in [5.41, 5.74) is 5.66. The molecule has 3 nitrogen and oxygen atoms in total. The van der Waals surface area contributed by atoms with E-state index in [0.29, 0.717) is 4.80 Å². The third kappa shape index (κ3) is 3.59. The van der Waals surface area contributed by atoms with Gasteiger partial charge in [-0.1, -0.05) is 96.3 Å². The molecule has 1 heterocycles. The third-order valence-electron chi connectivity index (χ3n) is 4.59. The molecule has 3 aromatic carbocycles. The Morgan fingerprint density at radius 3 is 1.82 bits per heavy atom. The van der Waals surface area contributed by atoms with Crippen LogP contribution in [0.5, 0.6) is 0 Å². The molecule has 0 aliphatic rings. The first kappa shape index (κ1) is 18.1. The number of nitrogens with zero attached hydrogens (tertiary/aromatic N) is 2. The predicted molar refractivity (Wildman–Crippen MR) is 116 cm³/mol. The molecule has 138 valence electrons. The molecule has 0 fully saturated rings. The number of hydrogen-bond acceptors (Lipinski definition) is 2. The first-order valence-electron chi connectivity index (χ1n) is 9.10. The maximum atomic E-state index is 11.6. The van der Waals surface area contributed by atoms with E-state index in [-0.39, 0.29) is 5.91 Å². The Kier molecular flexibility index (Phi) is 5.04. The van der Waals surface area contributed by atoms with E-state index >= 15 is 0 Å². The minimum Gasteiger partial charge on any atom is -0.319 e. The van der Waals surface area contributed by atoms with E-state index in [2.05, 4.69) is 53.5 Å². The van der Waals surface area contributed by atoms with Crippen molar-refractivity contribution in [3.63, 3.8) is 0 Å². The van der Waals surface area contributed by atoms with Crippen LogP contribution in [-0.2, 0) is 11.8 Å². The molecule has 4 rings (SSSR count). The fourth-order valence-electron chi connectivity index (χ4n) is 3.25. The molecule has 0 saturated carbocycles. The van der Waals surface area contributed by atoms with Crippen molar-refractivity contribution in [2.45, 2.75) is 6.92 Å². The van der Waals surface area contributed by atoms with E-state index in [1.807, 2.05) is 48.0 Å². The molecule has 28 heavy (non-hydrogen) atoms. The summed E-state index contributed by atoms with van der Waals surface area (Å²) in [7, 11) is 1.96. The predicted octanol–water partition coefficient (Wildman–Crippen LogP) is 5.53. The molecule has 0 aliphatic heterocycles. The van der Waals surface area contributed by atoms with Crippen LogP contribution < -0.4 is 4.80 Å². The van der Waals surface area contributed by atoms with Crippen LogP contribution in [0.1, 0.15) is 6.92 Å². The summed E-state index contributed by atoms with van der Waals surface area (Å²) in [6.07, 6.45) is 0. The Morgan fingerprint density at radius 1 is 0.750 bits per heavy atom. The van der Waals surface area contributed by atoms with Crippen molar-refractivity contribution >= 4 is 17.2 Å². The SMILES string of the molecule is CC(=O)N=c1sc(-c2ccccc2)c(-c2ccc(-c3ccccc3)cc2)n1C. The van der Waals surface area contributed by atoms with Crippen LogP contribution in [0.25, 0.3) is 32.8 Å². The van der Waals surface area contributed by atoms with E-state index in [9.17, 15) is 4.79 Å². The van der Waals surface area contributed by atoms with Crippen LogP contribution in [0.2, 0.25) is 0 Å². The maximum absolute atomic E-state index is 11.6. The quantitative estimate of drug-likeness (QED) is 0.457. The van der Waals surface area contributed by atoms with Crippen LogP contribution in [0.3, 0.4) is 0 Å². The smallest absolute Gasteiger partial charge is 0.245 e. The fourth-order valence-corrected chi connectivity index (χ4v) is 4.44. The number of thiazole rings is 1. The van der Waals surface area contributed by atoms with Crippen molar-refractivity contribution in [3.8, 4) is 32.8 Å². The van der Waals surface area contributed by atoms with Gasteiger partial charge in [-0.25, -0.2) is 0 Å². The second-order valence-electron chi connectivity index (χ2n) is 6.56. The van der Waals surface area contributed by atoms with Crippen LogP contribution in [0.15, 0.2) is 89.9 Å². The molecule has 0 spiro atoms. The highest BCUT2D eigenvalue weighted by molar-refractivity contribution is 7.13.